The Kier molecular flexibility index (Phi) is 4.35. The van der Waals surface area contributed by atoms with E-state index in [1.807, 2.05) is 17.2 Å². The van der Waals surface area contributed by atoms with Gasteiger partial charge in [-0.05, 0) is 0 Å². The SMILES string of the molecule is NNC(=O)c1cn(CCN2CCSCC2)nn1. The van der Waals surface area contributed by atoms with Crippen LogP contribution in [0.2, 0.25) is 0 Å². The van der Waals surface area contributed by atoms with Crippen molar-refractivity contribution in [3.8, 4) is 0 Å². The summed E-state index contributed by atoms with van der Waals surface area (Å²) in [7, 11) is 0. The molecule has 8 heteroatoms. The van der Waals surface area contributed by atoms with Crippen LogP contribution in [-0.2, 0) is 6.54 Å². The van der Waals surface area contributed by atoms with E-state index < -0.39 is 5.91 Å². The highest BCUT2D eigenvalue weighted by Crippen LogP contribution is 2.08. The zero-order chi connectivity index (χ0) is 12.1. The van der Waals surface area contributed by atoms with Gasteiger partial charge in [0.05, 0.1) is 12.7 Å². The molecular weight excluding hydrogens is 240 g/mol. The van der Waals surface area contributed by atoms with Crippen LogP contribution in [-0.4, -0.2) is 56.9 Å². The largest absolute Gasteiger partial charge is 0.300 e. The lowest BCUT2D eigenvalue weighted by Gasteiger charge is -2.25. The Morgan fingerprint density at radius 3 is 2.94 bits per heavy atom. The maximum Gasteiger partial charge on any atom is 0.287 e. The fraction of sp³-hybridized carbons (Fsp3) is 0.667. The van der Waals surface area contributed by atoms with Crippen molar-refractivity contribution in [1.82, 2.24) is 25.3 Å². The van der Waals surface area contributed by atoms with Gasteiger partial charge in [-0.2, -0.15) is 11.8 Å². The van der Waals surface area contributed by atoms with E-state index in [0.717, 1.165) is 26.2 Å². The van der Waals surface area contributed by atoms with Crippen LogP contribution in [0.4, 0.5) is 0 Å². The van der Waals surface area contributed by atoms with E-state index >= 15 is 0 Å². The number of carbonyl (C=O) groups excluding carboxylic acids is 1. The van der Waals surface area contributed by atoms with Crippen molar-refractivity contribution in [2.24, 2.45) is 5.84 Å². The van der Waals surface area contributed by atoms with E-state index in [-0.39, 0.29) is 5.69 Å². The number of nitrogens with two attached hydrogens (primary N) is 1. The number of nitrogens with one attached hydrogen (secondary N) is 1. The van der Waals surface area contributed by atoms with Gasteiger partial charge in [0, 0.05) is 31.1 Å². The molecule has 2 rings (SSSR count). The lowest BCUT2D eigenvalue weighted by atomic mass is 10.4. The van der Waals surface area contributed by atoms with Crippen LogP contribution in [0.3, 0.4) is 0 Å². The van der Waals surface area contributed by atoms with Crippen LogP contribution in [0, 0.1) is 0 Å². The Morgan fingerprint density at radius 2 is 2.24 bits per heavy atom. The Labute approximate surface area is 104 Å². The van der Waals surface area contributed by atoms with Crippen LogP contribution < -0.4 is 11.3 Å². The highest BCUT2D eigenvalue weighted by Gasteiger charge is 2.12. The molecule has 1 aromatic heterocycles. The number of hydrogen-bond donors (Lipinski definition) is 2. The van der Waals surface area contributed by atoms with Gasteiger partial charge in [0.25, 0.3) is 5.91 Å². The number of thioether (sulfide) groups is 1. The molecule has 3 N–H and O–H groups in total. The van der Waals surface area contributed by atoms with Gasteiger partial charge in [0.15, 0.2) is 5.69 Å². The Hall–Kier alpha value is -1.12. The van der Waals surface area contributed by atoms with E-state index in [4.69, 9.17) is 5.84 Å². The smallest absolute Gasteiger partial charge is 0.287 e. The van der Waals surface area contributed by atoms with E-state index in [0.29, 0.717) is 0 Å². The zero-order valence-corrected chi connectivity index (χ0v) is 10.3. The van der Waals surface area contributed by atoms with E-state index in [2.05, 4.69) is 15.2 Å². The van der Waals surface area contributed by atoms with Gasteiger partial charge in [0.2, 0.25) is 0 Å². The number of nitrogens with zero attached hydrogens (tertiary/aromatic N) is 4. The summed E-state index contributed by atoms with van der Waals surface area (Å²) in [4.78, 5) is 13.6. The van der Waals surface area contributed by atoms with Gasteiger partial charge in [0.1, 0.15) is 0 Å². The Balaban J connectivity index is 1.82. The van der Waals surface area contributed by atoms with E-state index in [9.17, 15) is 4.79 Å². The molecular formula is C9H16N6OS. The molecule has 0 atom stereocenters. The molecule has 17 heavy (non-hydrogen) atoms. The van der Waals surface area contributed by atoms with Crippen LogP contribution in [0.1, 0.15) is 10.5 Å². The van der Waals surface area contributed by atoms with Crippen molar-refractivity contribution in [2.75, 3.05) is 31.1 Å². The fourth-order valence-electron chi connectivity index (χ4n) is 1.65. The summed E-state index contributed by atoms with van der Waals surface area (Å²) < 4.78 is 1.67. The zero-order valence-electron chi connectivity index (χ0n) is 9.50. The molecule has 1 aliphatic heterocycles. The summed E-state index contributed by atoms with van der Waals surface area (Å²) in [6.45, 7) is 3.92. The summed E-state index contributed by atoms with van der Waals surface area (Å²) in [5, 5.41) is 7.64. The number of hydrogen-bond acceptors (Lipinski definition) is 6. The predicted octanol–water partition coefficient (Wildman–Crippen LogP) is -1.07. The van der Waals surface area contributed by atoms with Gasteiger partial charge in [-0.25, -0.2) is 5.84 Å². The lowest BCUT2D eigenvalue weighted by Crippen LogP contribution is -2.35. The van der Waals surface area contributed by atoms with Crippen LogP contribution in [0.5, 0.6) is 0 Å². The summed E-state index contributed by atoms with van der Waals surface area (Å²) in [6.07, 6.45) is 1.61. The molecule has 0 spiro atoms. The first-order valence-electron chi connectivity index (χ1n) is 5.51. The fourth-order valence-corrected chi connectivity index (χ4v) is 2.63. The van der Waals surface area contributed by atoms with Gasteiger partial charge in [-0.15, -0.1) is 5.10 Å². The molecule has 0 radical (unpaired) electrons. The quantitative estimate of drug-likeness (QED) is 0.405. The number of hydrazine groups is 1. The molecule has 1 aromatic rings. The minimum absolute atomic E-state index is 0.252. The summed E-state index contributed by atoms with van der Waals surface area (Å²) in [6, 6.07) is 0. The Morgan fingerprint density at radius 1 is 1.47 bits per heavy atom. The second kappa shape index (κ2) is 5.99. The third-order valence-electron chi connectivity index (χ3n) is 2.65. The predicted molar refractivity (Wildman–Crippen MR) is 65.4 cm³/mol. The maximum absolute atomic E-state index is 11.2. The van der Waals surface area contributed by atoms with Crippen molar-refractivity contribution >= 4 is 17.7 Å². The number of aromatic nitrogens is 3. The molecule has 0 aliphatic carbocycles. The minimum Gasteiger partial charge on any atom is -0.300 e. The molecule has 0 bridgehead atoms. The molecule has 7 nitrogen and oxygen atoms in total. The first-order valence-corrected chi connectivity index (χ1v) is 6.66. The maximum atomic E-state index is 11.2. The first kappa shape index (κ1) is 12.3. The molecule has 0 saturated carbocycles. The van der Waals surface area contributed by atoms with Crippen molar-refractivity contribution in [3.05, 3.63) is 11.9 Å². The standard InChI is InChI=1S/C9H16N6OS/c10-11-9(16)8-7-15(13-12-8)2-1-14-3-5-17-6-4-14/h7H,1-6,10H2,(H,11,16). The Bertz CT molecular complexity index is 375. The molecule has 1 aliphatic rings. The molecule has 94 valence electrons. The molecule has 0 unspecified atom stereocenters. The molecule has 2 heterocycles. The minimum atomic E-state index is -0.411. The van der Waals surface area contributed by atoms with Crippen LogP contribution in [0.15, 0.2) is 6.20 Å². The van der Waals surface area contributed by atoms with Crippen LogP contribution >= 0.6 is 11.8 Å². The highest BCUT2D eigenvalue weighted by molar-refractivity contribution is 7.99. The first-order chi connectivity index (χ1) is 8.29. The number of amides is 1. The molecule has 0 aromatic carbocycles. The second-order valence-corrected chi connectivity index (χ2v) is 5.02. The average molecular weight is 256 g/mol. The number of rotatable bonds is 4. The summed E-state index contributed by atoms with van der Waals surface area (Å²) in [5.74, 6) is 6.99. The number of carbonyl (C=O) groups is 1. The van der Waals surface area contributed by atoms with Crippen molar-refractivity contribution in [1.29, 1.82) is 0 Å². The van der Waals surface area contributed by atoms with Gasteiger partial charge < -0.3 is 0 Å². The van der Waals surface area contributed by atoms with Crippen molar-refractivity contribution in [3.63, 3.8) is 0 Å². The van der Waals surface area contributed by atoms with Gasteiger partial charge in [-0.1, -0.05) is 5.21 Å². The number of nitrogen functional groups attached to an aromatic ring is 1. The van der Waals surface area contributed by atoms with E-state index in [1.54, 1.807) is 10.9 Å². The van der Waals surface area contributed by atoms with Gasteiger partial charge >= 0.3 is 0 Å². The topological polar surface area (TPSA) is 89.1 Å². The van der Waals surface area contributed by atoms with Crippen LogP contribution in [0.25, 0.3) is 0 Å². The second-order valence-electron chi connectivity index (χ2n) is 3.79. The molecule has 1 saturated heterocycles. The lowest BCUT2D eigenvalue weighted by molar-refractivity contribution is 0.0948. The molecule has 1 amide bonds. The normalized spacial score (nSPS) is 17.0. The average Bonchev–Trinajstić information content (AvgIpc) is 2.85. The van der Waals surface area contributed by atoms with Crippen molar-refractivity contribution < 1.29 is 4.79 Å². The summed E-state index contributed by atoms with van der Waals surface area (Å²) >= 11 is 1.99. The highest BCUT2D eigenvalue weighted by atomic mass is 32.2. The summed E-state index contributed by atoms with van der Waals surface area (Å²) in [5.41, 5.74) is 2.28. The van der Waals surface area contributed by atoms with Crippen molar-refractivity contribution in [2.45, 2.75) is 6.54 Å². The van der Waals surface area contributed by atoms with Gasteiger partial charge in [-0.3, -0.25) is 19.8 Å². The monoisotopic (exact) mass is 256 g/mol. The van der Waals surface area contributed by atoms with E-state index in [1.165, 1.54) is 11.5 Å². The third-order valence-corrected chi connectivity index (χ3v) is 3.59. The molecule has 1 fully saturated rings. The third kappa shape index (κ3) is 3.42.